The monoisotopic (exact) mass is 282 g/mol. The lowest BCUT2D eigenvalue weighted by Gasteiger charge is -2.35. The molecule has 2 fully saturated rings. The number of amides is 1. The first kappa shape index (κ1) is 15.8. The topological polar surface area (TPSA) is 64.3 Å². The summed E-state index contributed by atoms with van der Waals surface area (Å²) in [6.45, 7) is 7.17. The van der Waals surface area contributed by atoms with Crippen LogP contribution in [0.25, 0.3) is 0 Å². The highest BCUT2D eigenvalue weighted by Gasteiger charge is 2.37. The van der Waals surface area contributed by atoms with Crippen molar-refractivity contribution in [3.05, 3.63) is 0 Å². The van der Waals surface area contributed by atoms with Crippen LogP contribution in [0.3, 0.4) is 0 Å². The number of carbonyl (C=O) groups excluding carboxylic acids is 1. The molecule has 4 nitrogen and oxygen atoms in total. The fourth-order valence-electron chi connectivity index (χ4n) is 2.91. The molecule has 2 saturated carbocycles. The second-order valence-electron chi connectivity index (χ2n) is 7.60. The first-order valence-electron chi connectivity index (χ1n) is 8.00. The minimum Gasteiger partial charge on any atom is -0.378 e. The van der Waals surface area contributed by atoms with E-state index in [0.717, 1.165) is 25.7 Å². The van der Waals surface area contributed by atoms with Crippen molar-refractivity contribution in [3.8, 4) is 0 Å². The quantitative estimate of drug-likeness (QED) is 0.753. The van der Waals surface area contributed by atoms with Crippen molar-refractivity contribution < 1.29 is 9.53 Å². The maximum absolute atomic E-state index is 11.7. The molecule has 0 aromatic carbocycles. The van der Waals surface area contributed by atoms with E-state index < -0.39 is 5.54 Å². The molecular formula is C16H30N2O2. The van der Waals surface area contributed by atoms with Crippen LogP contribution < -0.4 is 11.1 Å². The molecule has 0 aromatic heterocycles. The summed E-state index contributed by atoms with van der Waals surface area (Å²) < 4.78 is 5.98. The van der Waals surface area contributed by atoms with Crippen molar-refractivity contribution in [3.63, 3.8) is 0 Å². The number of nitrogens with two attached hydrogens (primary N) is 1. The van der Waals surface area contributed by atoms with E-state index in [2.05, 4.69) is 19.2 Å². The van der Waals surface area contributed by atoms with Gasteiger partial charge < -0.3 is 15.8 Å². The van der Waals surface area contributed by atoms with Crippen molar-refractivity contribution in [2.24, 2.45) is 11.1 Å². The summed E-state index contributed by atoms with van der Waals surface area (Å²) in [5.74, 6) is -0.266. The van der Waals surface area contributed by atoms with E-state index in [4.69, 9.17) is 10.5 Å². The van der Waals surface area contributed by atoms with E-state index in [1.54, 1.807) is 0 Å². The highest BCUT2D eigenvalue weighted by molar-refractivity contribution is 5.84. The van der Waals surface area contributed by atoms with Gasteiger partial charge in [-0.05, 0) is 57.3 Å². The zero-order valence-electron chi connectivity index (χ0n) is 13.2. The first-order valence-corrected chi connectivity index (χ1v) is 8.00. The third kappa shape index (κ3) is 4.45. The molecule has 2 rings (SSSR count). The van der Waals surface area contributed by atoms with Gasteiger partial charge in [0, 0.05) is 12.6 Å². The van der Waals surface area contributed by atoms with Gasteiger partial charge in [-0.25, -0.2) is 0 Å². The van der Waals surface area contributed by atoms with Crippen LogP contribution in [0.2, 0.25) is 0 Å². The normalized spacial score (nSPS) is 26.1. The Hall–Kier alpha value is -0.610. The van der Waals surface area contributed by atoms with Gasteiger partial charge in [-0.1, -0.05) is 13.8 Å². The third-order valence-corrected chi connectivity index (χ3v) is 4.89. The van der Waals surface area contributed by atoms with Gasteiger partial charge in [0.2, 0.25) is 5.91 Å². The Bertz CT molecular complexity index is 342. The lowest BCUT2D eigenvalue weighted by molar-refractivity contribution is -0.125. The molecule has 116 valence electrons. The number of ether oxygens (including phenoxy) is 1. The Morgan fingerprint density at radius 3 is 2.40 bits per heavy atom. The number of hydrogen-bond acceptors (Lipinski definition) is 3. The molecule has 1 amide bonds. The number of hydrogen-bond donors (Lipinski definition) is 2. The van der Waals surface area contributed by atoms with Crippen molar-refractivity contribution in [2.75, 3.05) is 6.61 Å². The summed E-state index contributed by atoms with van der Waals surface area (Å²) in [6, 6.07) is 0.475. The van der Waals surface area contributed by atoms with E-state index in [-0.39, 0.29) is 5.91 Å². The van der Waals surface area contributed by atoms with Crippen LogP contribution in [0.5, 0.6) is 0 Å². The number of primary amides is 1. The van der Waals surface area contributed by atoms with Crippen LogP contribution in [-0.4, -0.2) is 30.2 Å². The average Bonchev–Trinajstić information content (AvgIpc) is 3.15. The molecule has 0 saturated heterocycles. The van der Waals surface area contributed by atoms with Crippen LogP contribution in [-0.2, 0) is 9.53 Å². The van der Waals surface area contributed by atoms with Gasteiger partial charge in [0.15, 0.2) is 0 Å². The molecular weight excluding hydrogens is 252 g/mol. The highest BCUT2D eigenvalue weighted by Crippen LogP contribution is 2.36. The second-order valence-corrected chi connectivity index (χ2v) is 7.60. The Kier molecular flexibility index (Phi) is 4.75. The maximum atomic E-state index is 11.7. The number of rotatable bonds is 7. The summed E-state index contributed by atoms with van der Waals surface area (Å²) in [7, 11) is 0. The van der Waals surface area contributed by atoms with E-state index >= 15 is 0 Å². The largest absolute Gasteiger partial charge is 0.378 e. The number of carbonyl (C=O) groups is 1. The van der Waals surface area contributed by atoms with Gasteiger partial charge in [0.1, 0.15) is 0 Å². The first-order chi connectivity index (χ1) is 9.31. The van der Waals surface area contributed by atoms with Gasteiger partial charge in [-0.3, -0.25) is 4.79 Å². The minimum atomic E-state index is -0.616. The van der Waals surface area contributed by atoms with Gasteiger partial charge in [-0.2, -0.15) is 0 Å². The molecule has 20 heavy (non-hydrogen) atoms. The molecule has 2 aliphatic rings. The lowest BCUT2D eigenvalue weighted by Crippen LogP contribution is -2.54. The summed E-state index contributed by atoms with van der Waals surface area (Å²) in [5.41, 5.74) is 5.40. The molecule has 1 unspecified atom stereocenters. The van der Waals surface area contributed by atoms with Gasteiger partial charge in [0.05, 0.1) is 11.6 Å². The number of nitrogens with one attached hydrogen (secondary N) is 1. The van der Waals surface area contributed by atoms with Gasteiger partial charge in [-0.15, -0.1) is 0 Å². The molecule has 1 atom stereocenters. The van der Waals surface area contributed by atoms with Gasteiger partial charge >= 0.3 is 0 Å². The van der Waals surface area contributed by atoms with Crippen LogP contribution in [0, 0.1) is 5.41 Å². The van der Waals surface area contributed by atoms with Crippen molar-refractivity contribution in [1.82, 2.24) is 5.32 Å². The predicted molar refractivity (Wildman–Crippen MR) is 80.4 cm³/mol. The van der Waals surface area contributed by atoms with Crippen molar-refractivity contribution >= 4 is 5.91 Å². The third-order valence-electron chi connectivity index (χ3n) is 4.89. The summed E-state index contributed by atoms with van der Waals surface area (Å²) in [6.07, 6.45) is 8.06. The molecule has 0 radical (unpaired) electrons. The molecule has 0 aromatic rings. The predicted octanol–water partition coefficient (Wildman–Crippen LogP) is 2.36. The van der Waals surface area contributed by atoms with Crippen LogP contribution >= 0.6 is 0 Å². The average molecular weight is 282 g/mol. The van der Waals surface area contributed by atoms with Gasteiger partial charge in [0.25, 0.3) is 0 Å². The fourth-order valence-corrected chi connectivity index (χ4v) is 2.91. The standard InChI is InChI=1S/C16H30N2O2/c1-15(2)8-6-13(7-9-15)20-11-10-16(3,14(17)19)18-12-4-5-12/h12-13,18H,4-11H2,1-3H3,(H2,17,19). The molecule has 0 heterocycles. The summed E-state index contributed by atoms with van der Waals surface area (Å²) in [5, 5.41) is 3.36. The van der Waals surface area contributed by atoms with Crippen LogP contribution in [0.4, 0.5) is 0 Å². The van der Waals surface area contributed by atoms with Crippen molar-refractivity contribution in [2.45, 2.75) is 83.4 Å². The van der Waals surface area contributed by atoms with E-state index in [1.807, 2.05) is 6.92 Å². The zero-order chi connectivity index (χ0) is 14.8. The second kappa shape index (κ2) is 6.02. The molecule has 0 bridgehead atoms. The zero-order valence-corrected chi connectivity index (χ0v) is 13.2. The maximum Gasteiger partial charge on any atom is 0.237 e. The molecule has 0 aliphatic heterocycles. The molecule has 3 N–H and O–H groups in total. The molecule has 0 spiro atoms. The van der Waals surface area contributed by atoms with E-state index in [1.165, 1.54) is 12.8 Å². The molecule has 4 heteroatoms. The van der Waals surface area contributed by atoms with E-state index in [0.29, 0.717) is 30.6 Å². The summed E-state index contributed by atoms with van der Waals surface area (Å²) in [4.78, 5) is 11.7. The van der Waals surface area contributed by atoms with Crippen LogP contribution in [0.15, 0.2) is 0 Å². The van der Waals surface area contributed by atoms with Crippen molar-refractivity contribution in [1.29, 1.82) is 0 Å². The highest BCUT2D eigenvalue weighted by atomic mass is 16.5. The lowest BCUT2D eigenvalue weighted by atomic mass is 9.76. The SMILES string of the molecule is CC1(C)CCC(OCCC(C)(NC2CC2)C(N)=O)CC1. The smallest absolute Gasteiger partial charge is 0.237 e. The summed E-state index contributed by atoms with van der Waals surface area (Å²) >= 11 is 0. The Labute approximate surface area is 122 Å². The Morgan fingerprint density at radius 2 is 1.90 bits per heavy atom. The van der Waals surface area contributed by atoms with Crippen LogP contribution in [0.1, 0.15) is 65.7 Å². The van der Waals surface area contributed by atoms with E-state index in [9.17, 15) is 4.79 Å². The Morgan fingerprint density at radius 1 is 1.30 bits per heavy atom. The fraction of sp³-hybridized carbons (Fsp3) is 0.938. The molecule has 2 aliphatic carbocycles. The minimum absolute atomic E-state index is 0.266. The Balaban J connectivity index is 1.72.